The summed E-state index contributed by atoms with van der Waals surface area (Å²) < 4.78 is 0. The summed E-state index contributed by atoms with van der Waals surface area (Å²) in [6, 6.07) is 2.18. The normalized spacial score (nSPS) is 22.2. The van der Waals surface area contributed by atoms with E-state index in [-0.39, 0.29) is 5.91 Å². The quantitative estimate of drug-likeness (QED) is 0.857. The summed E-state index contributed by atoms with van der Waals surface area (Å²) in [7, 11) is 0. The van der Waals surface area contributed by atoms with E-state index in [0.29, 0.717) is 11.6 Å². The van der Waals surface area contributed by atoms with Crippen molar-refractivity contribution in [1.29, 1.82) is 0 Å². The van der Waals surface area contributed by atoms with E-state index in [2.05, 4.69) is 29.5 Å². The Morgan fingerprint density at radius 1 is 1.47 bits per heavy atom. The van der Waals surface area contributed by atoms with Gasteiger partial charge in [-0.2, -0.15) is 0 Å². The van der Waals surface area contributed by atoms with E-state index in [0.717, 1.165) is 37.4 Å². The highest BCUT2D eigenvalue weighted by atomic mass is 16.1. The number of amides is 1. The molecule has 1 aromatic rings. The van der Waals surface area contributed by atoms with Crippen molar-refractivity contribution in [1.82, 2.24) is 10.3 Å². The first-order valence-electron chi connectivity index (χ1n) is 7.19. The van der Waals surface area contributed by atoms with Gasteiger partial charge in [0.1, 0.15) is 0 Å². The van der Waals surface area contributed by atoms with Crippen molar-refractivity contribution in [2.75, 3.05) is 11.9 Å². The predicted molar refractivity (Wildman–Crippen MR) is 77.3 cm³/mol. The molecule has 1 aliphatic carbocycles. The standard InChI is InChI=1S/C15H23N3O/c1-3-7-17-14-6-8-16-10-13(14)15(19)18-12-5-4-11(2)9-12/h6,8,10-12H,3-5,7,9H2,1-2H3,(H,16,17)(H,18,19). The number of anilines is 1. The Balaban J connectivity index is 2.01. The first kappa shape index (κ1) is 13.8. The SMILES string of the molecule is CCCNc1ccncc1C(=O)NC1CCC(C)C1. The summed E-state index contributed by atoms with van der Waals surface area (Å²) in [6.45, 7) is 5.21. The van der Waals surface area contributed by atoms with Crippen molar-refractivity contribution in [3.63, 3.8) is 0 Å². The maximum atomic E-state index is 12.3. The van der Waals surface area contributed by atoms with Crippen LogP contribution >= 0.6 is 0 Å². The smallest absolute Gasteiger partial charge is 0.255 e. The summed E-state index contributed by atoms with van der Waals surface area (Å²) in [5.41, 5.74) is 1.52. The number of hydrogen-bond acceptors (Lipinski definition) is 3. The summed E-state index contributed by atoms with van der Waals surface area (Å²) in [5, 5.41) is 6.40. The number of nitrogens with zero attached hydrogens (tertiary/aromatic N) is 1. The number of rotatable bonds is 5. The van der Waals surface area contributed by atoms with Crippen LogP contribution in [0.15, 0.2) is 18.5 Å². The van der Waals surface area contributed by atoms with Crippen LogP contribution in [-0.4, -0.2) is 23.5 Å². The van der Waals surface area contributed by atoms with Crippen LogP contribution in [0, 0.1) is 5.92 Å². The van der Waals surface area contributed by atoms with Crippen LogP contribution in [0.5, 0.6) is 0 Å². The highest BCUT2D eigenvalue weighted by molar-refractivity contribution is 5.99. The highest BCUT2D eigenvalue weighted by Gasteiger charge is 2.23. The molecule has 0 aliphatic heterocycles. The van der Waals surface area contributed by atoms with Gasteiger partial charge in [-0.1, -0.05) is 13.8 Å². The van der Waals surface area contributed by atoms with Gasteiger partial charge in [0.05, 0.1) is 11.3 Å². The average molecular weight is 261 g/mol. The van der Waals surface area contributed by atoms with Crippen LogP contribution in [0.2, 0.25) is 0 Å². The minimum Gasteiger partial charge on any atom is -0.384 e. The van der Waals surface area contributed by atoms with E-state index in [4.69, 9.17) is 0 Å². The molecule has 0 spiro atoms. The molecule has 2 atom stereocenters. The lowest BCUT2D eigenvalue weighted by Crippen LogP contribution is -2.33. The Bertz CT molecular complexity index is 433. The third-order valence-electron chi connectivity index (χ3n) is 3.66. The molecule has 0 radical (unpaired) electrons. The van der Waals surface area contributed by atoms with Gasteiger partial charge in [0, 0.05) is 25.0 Å². The fraction of sp³-hybridized carbons (Fsp3) is 0.600. The van der Waals surface area contributed by atoms with Crippen LogP contribution in [0.3, 0.4) is 0 Å². The van der Waals surface area contributed by atoms with Crippen LogP contribution in [-0.2, 0) is 0 Å². The molecule has 2 rings (SSSR count). The number of carbonyl (C=O) groups is 1. The largest absolute Gasteiger partial charge is 0.384 e. The van der Waals surface area contributed by atoms with Crippen LogP contribution in [0.4, 0.5) is 5.69 Å². The Morgan fingerprint density at radius 2 is 2.32 bits per heavy atom. The minimum atomic E-state index is -0.00852. The van der Waals surface area contributed by atoms with Gasteiger partial charge in [-0.25, -0.2) is 0 Å². The second-order valence-corrected chi connectivity index (χ2v) is 5.44. The van der Waals surface area contributed by atoms with Crippen LogP contribution in [0.25, 0.3) is 0 Å². The van der Waals surface area contributed by atoms with Crippen molar-refractivity contribution in [2.45, 2.75) is 45.6 Å². The number of aromatic nitrogens is 1. The monoisotopic (exact) mass is 261 g/mol. The van der Waals surface area contributed by atoms with Crippen molar-refractivity contribution in [2.24, 2.45) is 5.92 Å². The molecule has 1 aliphatic rings. The maximum absolute atomic E-state index is 12.3. The third kappa shape index (κ3) is 3.69. The zero-order chi connectivity index (χ0) is 13.7. The Hall–Kier alpha value is -1.58. The van der Waals surface area contributed by atoms with Gasteiger partial charge in [0.2, 0.25) is 0 Å². The van der Waals surface area contributed by atoms with Crippen LogP contribution < -0.4 is 10.6 Å². The molecule has 1 aromatic heterocycles. The number of carbonyl (C=O) groups excluding carboxylic acids is 1. The molecule has 0 bridgehead atoms. The Kier molecular flexibility index (Phi) is 4.77. The number of hydrogen-bond donors (Lipinski definition) is 2. The minimum absolute atomic E-state index is 0.00852. The molecular weight excluding hydrogens is 238 g/mol. The molecule has 19 heavy (non-hydrogen) atoms. The molecule has 4 nitrogen and oxygen atoms in total. The molecule has 1 heterocycles. The second-order valence-electron chi connectivity index (χ2n) is 5.44. The third-order valence-corrected chi connectivity index (χ3v) is 3.66. The van der Waals surface area contributed by atoms with Crippen molar-refractivity contribution in [3.8, 4) is 0 Å². The van der Waals surface area contributed by atoms with E-state index in [1.165, 1.54) is 6.42 Å². The van der Waals surface area contributed by atoms with E-state index < -0.39 is 0 Å². The number of nitrogens with one attached hydrogen (secondary N) is 2. The molecule has 2 unspecified atom stereocenters. The molecule has 2 N–H and O–H groups in total. The van der Waals surface area contributed by atoms with E-state index in [9.17, 15) is 4.79 Å². The van der Waals surface area contributed by atoms with E-state index in [1.807, 2.05) is 6.07 Å². The van der Waals surface area contributed by atoms with Crippen molar-refractivity contribution < 1.29 is 4.79 Å². The summed E-state index contributed by atoms with van der Waals surface area (Å²) in [4.78, 5) is 16.4. The van der Waals surface area contributed by atoms with Crippen molar-refractivity contribution >= 4 is 11.6 Å². The predicted octanol–water partition coefficient (Wildman–Crippen LogP) is 2.82. The second kappa shape index (κ2) is 6.55. The highest BCUT2D eigenvalue weighted by Crippen LogP contribution is 2.25. The lowest BCUT2D eigenvalue weighted by molar-refractivity contribution is 0.0937. The zero-order valence-electron chi connectivity index (χ0n) is 11.8. The molecule has 0 aromatic carbocycles. The molecule has 1 saturated carbocycles. The van der Waals surface area contributed by atoms with Crippen LogP contribution in [0.1, 0.15) is 49.9 Å². The fourth-order valence-electron chi connectivity index (χ4n) is 2.59. The molecule has 4 heteroatoms. The molecule has 104 valence electrons. The van der Waals surface area contributed by atoms with Crippen molar-refractivity contribution in [3.05, 3.63) is 24.0 Å². The Labute approximate surface area is 115 Å². The average Bonchev–Trinajstić information content (AvgIpc) is 2.82. The summed E-state index contributed by atoms with van der Waals surface area (Å²) in [5.74, 6) is 0.711. The molecule has 0 saturated heterocycles. The van der Waals surface area contributed by atoms with Gasteiger partial charge in [0.15, 0.2) is 0 Å². The van der Waals surface area contributed by atoms with Gasteiger partial charge in [0.25, 0.3) is 5.91 Å². The lowest BCUT2D eigenvalue weighted by Gasteiger charge is -2.15. The van der Waals surface area contributed by atoms with Gasteiger partial charge < -0.3 is 10.6 Å². The van der Waals surface area contributed by atoms with Gasteiger partial charge in [-0.3, -0.25) is 9.78 Å². The molecular formula is C15H23N3O. The lowest BCUT2D eigenvalue weighted by atomic mass is 10.1. The van der Waals surface area contributed by atoms with E-state index >= 15 is 0 Å². The number of pyridine rings is 1. The Morgan fingerprint density at radius 3 is 3.00 bits per heavy atom. The van der Waals surface area contributed by atoms with Gasteiger partial charge in [-0.05, 0) is 37.7 Å². The van der Waals surface area contributed by atoms with E-state index in [1.54, 1.807) is 12.4 Å². The summed E-state index contributed by atoms with van der Waals surface area (Å²) in [6.07, 6.45) is 7.77. The van der Waals surface area contributed by atoms with Gasteiger partial charge >= 0.3 is 0 Å². The first-order chi connectivity index (χ1) is 9.20. The van der Waals surface area contributed by atoms with Gasteiger partial charge in [-0.15, -0.1) is 0 Å². The summed E-state index contributed by atoms with van der Waals surface area (Å²) >= 11 is 0. The molecule has 1 fully saturated rings. The first-order valence-corrected chi connectivity index (χ1v) is 7.19. The topological polar surface area (TPSA) is 54.0 Å². The fourth-order valence-corrected chi connectivity index (χ4v) is 2.59. The zero-order valence-corrected chi connectivity index (χ0v) is 11.8. The maximum Gasteiger partial charge on any atom is 0.255 e. The molecule has 1 amide bonds.